The van der Waals surface area contributed by atoms with Gasteiger partial charge in [-0.15, -0.1) is 11.3 Å². The van der Waals surface area contributed by atoms with Crippen LogP contribution in [0.4, 0.5) is 18.2 Å². The average Bonchev–Trinajstić information content (AvgIpc) is 2.71. The summed E-state index contributed by atoms with van der Waals surface area (Å²) in [6.45, 7) is 1.54. The molecule has 1 aliphatic heterocycles. The normalized spacial score (nSPS) is 14.8. The first-order valence-corrected chi connectivity index (χ1v) is 7.00. The number of hydrogen-bond donors (Lipinski definition) is 1. The van der Waals surface area contributed by atoms with Crippen molar-refractivity contribution in [2.45, 2.75) is 26.1 Å². The Labute approximate surface area is 122 Å². The average molecular weight is 322 g/mol. The fraction of sp³-hybridized carbons (Fsp3) is 0.500. The summed E-state index contributed by atoms with van der Waals surface area (Å²) in [5.74, 6) is -2.46. The Morgan fingerprint density at radius 3 is 2.67 bits per heavy atom. The number of carbonyl (C=O) groups is 2. The Morgan fingerprint density at radius 2 is 2.10 bits per heavy atom. The number of alkyl halides is 3. The van der Waals surface area contributed by atoms with Gasteiger partial charge in [-0.05, 0) is 18.9 Å². The smallest absolute Gasteiger partial charge is 0.462 e. The lowest BCUT2D eigenvalue weighted by Crippen LogP contribution is -2.43. The summed E-state index contributed by atoms with van der Waals surface area (Å²) in [6, 6.07) is 0. The lowest BCUT2D eigenvalue weighted by molar-refractivity contribution is -0.186. The molecule has 0 saturated carbocycles. The molecule has 2 heterocycles. The van der Waals surface area contributed by atoms with Gasteiger partial charge in [0.25, 0.3) is 0 Å². The number of nitrogens with two attached hydrogens (primary N) is 1. The van der Waals surface area contributed by atoms with Crippen LogP contribution in [0.3, 0.4) is 0 Å². The van der Waals surface area contributed by atoms with Crippen molar-refractivity contribution in [3.8, 4) is 0 Å². The zero-order chi connectivity index (χ0) is 15.8. The molecule has 0 unspecified atom stereocenters. The second kappa shape index (κ2) is 5.55. The Morgan fingerprint density at radius 1 is 1.43 bits per heavy atom. The Bertz CT molecular complexity index is 583. The Hall–Kier alpha value is -1.77. The van der Waals surface area contributed by atoms with Gasteiger partial charge in [-0.1, -0.05) is 0 Å². The molecule has 1 amide bonds. The number of anilines is 1. The number of fused-ring (bicyclic) bond motifs is 1. The van der Waals surface area contributed by atoms with Crippen LogP contribution in [-0.4, -0.2) is 36.1 Å². The predicted molar refractivity (Wildman–Crippen MR) is 69.9 cm³/mol. The highest BCUT2D eigenvalue weighted by atomic mass is 32.1. The number of rotatable bonds is 2. The van der Waals surface area contributed by atoms with Gasteiger partial charge in [0.1, 0.15) is 5.00 Å². The van der Waals surface area contributed by atoms with Crippen molar-refractivity contribution < 1.29 is 27.5 Å². The molecule has 21 heavy (non-hydrogen) atoms. The van der Waals surface area contributed by atoms with E-state index in [1.807, 2.05) is 0 Å². The van der Waals surface area contributed by atoms with Crippen molar-refractivity contribution in [3.63, 3.8) is 0 Å². The summed E-state index contributed by atoms with van der Waals surface area (Å²) < 4.78 is 42.2. The quantitative estimate of drug-likeness (QED) is 0.845. The third-order valence-corrected chi connectivity index (χ3v) is 4.14. The molecule has 0 fully saturated rings. The molecule has 1 aromatic rings. The molecule has 0 saturated heterocycles. The molecule has 2 rings (SSSR count). The van der Waals surface area contributed by atoms with Crippen molar-refractivity contribution in [2.75, 3.05) is 18.9 Å². The van der Waals surface area contributed by atoms with Gasteiger partial charge in [-0.3, -0.25) is 4.79 Å². The van der Waals surface area contributed by atoms with Crippen LogP contribution in [0, 0.1) is 0 Å². The molecular formula is C12H13F3N2O3S. The standard InChI is InChI=1S/C12H13F3N2O3S/c1-2-20-10(18)8-6-3-4-17(11(19)12(13,14)15)5-7(6)21-9(8)16/h2-5,16H2,1H3. The summed E-state index contributed by atoms with van der Waals surface area (Å²) in [5.41, 5.74) is 6.56. The zero-order valence-electron chi connectivity index (χ0n) is 11.1. The number of ether oxygens (including phenoxy) is 1. The monoisotopic (exact) mass is 322 g/mol. The van der Waals surface area contributed by atoms with E-state index in [-0.39, 0.29) is 36.7 Å². The van der Waals surface area contributed by atoms with E-state index in [1.54, 1.807) is 6.92 Å². The van der Waals surface area contributed by atoms with Gasteiger partial charge >= 0.3 is 18.1 Å². The number of nitrogens with zero attached hydrogens (tertiary/aromatic N) is 1. The van der Waals surface area contributed by atoms with Crippen LogP contribution in [0.1, 0.15) is 27.7 Å². The molecule has 0 bridgehead atoms. The van der Waals surface area contributed by atoms with Crippen molar-refractivity contribution in [3.05, 3.63) is 16.0 Å². The van der Waals surface area contributed by atoms with Crippen molar-refractivity contribution >= 4 is 28.2 Å². The number of nitrogen functional groups attached to an aromatic ring is 1. The van der Waals surface area contributed by atoms with Gasteiger partial charge in [-0.2, -0.15) is 13.2 Å². The maximum atomic E-state index is 12.4. The number of esters is 1. The second-order valence-corrected chi connectivity index (χ2v) is 5.57. The molecule has 9 heteroatoms. The minimum absolute atomic E-state index is 0.103. The molecule has 2 N–H and O–H groups in total. The Balaban J connectivity index is 2.26. The number of carbonyl (C=O) groups excluding carboxylic acids is 2. The van der Waals surface area contributed by atoms with Gasteiger partial charge < -0.3 is 15.4 Å². The molecule has 1 aliphatic rings. The highest BCUT2D eigenvalue weighted by molar-refractivity contribution is 7.16. The number of halogens is 3. The molecule has 116 valence electrons. The third-order valence-electron chi connectivity index (χ3n) is 3.09. The first-order valence-electron chi connectivity index (χ1n) is 6.19. The highest BCUT2D eigenvalue weighted by Gasteiger charge is 2.44. The van der Waals surface area contributed by atoms with Gasteiger partial charge in [0, 0.05) is 11.4 Å². The van der Waals surface area contributed by atoms with Gasteiger partial charge in [0.15, 0.2) is 0 Å². The van der Waals surface area contributed by atoms with E-state index in [4.69, 9.17) is 10.5 Å². The molecule has 0 spiro atoms. The minimum Gasteiger partial charge on any atom is -0.462 e. The van der Waals surface area contributed by atoms with Crippen molar-refractivity contribution in [1.82, 2.24) is 4.90 Å². The molecular weight excluding hydrogens is 309 g/mol. The lowest BCUT2D eigenvalue weighted by Gasteiger charge is -2.27. The van der Waals surface area contributed by atoms with Crippen LogP contribution in [0.5, 0.6) is 0 Å². The molecule has 5 nitrogen and oxygen atoms in total. The van der Waals surface area contributed by atoms with E-state index < -0.39 is 18.1 Å². The SMILES string of the molecule is CCOC(=O)c1c(N)sc2c1CCN(C(=O)C(F)(F)F)C2. The highest BCUT2D eigenvalue weighted by Crippen LogP contribution is 2.36. The fourth-order valence-electron chi connectivity index (χ4n) is 2.20. The van der Waals surface area contributed by atoms with Gasteiger partial charge in [-0.25, -0.2) is 4.79 Å². The molecule has 0 atom stereocenters. The number of amides is 1. The van der Waals surface area contributed by atoms with Crippen molar-refractivity contribution in [1.29, 1.82) is 0 Å². The van der Waals surface area contributed by atoms with E-state index in [0.29, 0.717) is 15.3 Å². The van der Waals surface area contributed by atoms with E-state index in [9.17, 15) is 22.8 Å². The van der Waals surface area contributed by atoms with E-state index in [0.717, 1.165) is 11.3 Å². The van der Waals surface area contributed by atoms with E-state index in [1.165, 1.54) is 0 Å². The molecule has 0 aromatic carbocycles. The third kappa shape index (κ3) is 2.97. The zero-order valence-corrected chi connectivity index (χ0v) is 11.9. The maximum Gasteiger partial charge on any atom is 0.471 e. The fourth-order valence-corrected chi connectivity index (χ4v) is 3.33. The molecule has 0 aliphatic carbocycles. The first-order chi connectivity index (χ1) is 9.75. The van der Waals surface area contributed by atoms with Crippen LogP contribution in [-0.2, 0) is 22.5 Å². The summed E-state index contributed by atoms with van der Waals surface area (Å²) in [7, 11) is 0. The van der Waals surface area contributed by atoms with Crippen LogP contribution >= 0.6 is 11.3 Å². The van der Waals surface area contributed by atoms with Crippen LogP contribution in [0.15, 0.2) is 0 Å². The van der Waals surface area contributed by atoms with E-state index >= 15 is 0 Å². The van der Waals surface area contributed by atoms with Crippen LogP contribution < -0.4 is 5.73 Å². The lowest BCUT2D eigenvalue weighted by atomic mass is 10.0. The Kier molecular flexibility index (Phi) is 4.13. The van der Waals surface area contributed by atoms with Crippen LogP contribution in [0.2, 0.25) is 0 Å². The van der Waals surface area contributed by atoms with Crippen molar-refractivity contribution in [2.24, 2.45) is 0 Å². The topological polar surface area (TPSA) is 72.6 Å². The summed E-state index contributed by atoms with van der Waals surface area (Å²) in [4.78, 5) is 24.3. The summed E-state index contributed by atoms with van der Waals surface area (Å²) >= 11 is 1.02. The first kappa shape index (κ1) is 15.6. The second-order valence-electron chi connectivity index (χ2n) is 4.44. The summed E-state index contributed by atoms with van der Waals surface area (Å²) in [5, 5.41) is 0.208. The van der Waals surface area contributed by atoms with Crippen LogP contribution in [0.25, 0.3) is 0 Å². The number of thiophene rings is 1. The van der Waals surface area contributed by atoms with Gasteiger partial charge in [0.2, 0.25) is 0 Å². The van der Waals surface area contributed by atoms with Gasteiger partial charge in [0.05, 0.1) is 18.7 Å². The molecule has 0 radical (unpaired) electrons. The minimum atomic E-state index is -4.90. The predicted octanol–water partition coefficient (Wildman–Crippen LogP) is 1.95. The summed E-state index contributed by atoms with van der Waals surface area (Å²) in [6.07, 6.45) is -4.75. The molecule has 1 aromatic heterocycles. The largest absolute Gasteiger partial charge is 0.471 e. The number of hydrogen-bond acceptors (Lipinski definition) is 5. The van der Waals surface area contributed by atoms with E-state index in [2.05, 4.69) is 0 Å². The maximum absolute atomic E-state index is 12.4.